The number of carbonyl (C=O) groups excluding carboxylic acids is 2. The molecule has 3 aromatic rings. The van der Waals surface area contributed by atoms with Gasteiger partial charge in [-0.3, -0.25) is 20.3 Å². The number of anilines is 1. The third-order valence-corrected chi connectivity index (χ3v) is 6.49. The molecule has 1 aromatic carbocycles. The number of rotatable bonds is 7. The average molecular weight is 460 g/mol. The number of morpholine rings is 1. The fourth-order valence-corrected chi connectivity index (χ4v) is 4.71. The van der Waals surface area contributed by atoms with Crippen molar-refractivity contribution < 1.29 is 19.4 Å². The number of hydrazine groups is 1. The molecule has 9 nitrogen and oxygen atoms in total. The minimum Gasteiger partial charge on any atom is -0.390 e. The molecule has 1 fully saturated rings. The van der Waals surface area contributed by atoms with E-state index in [9.17, 15) is 9.59 Å². The number of benzene rings is 1. The Kier molecular flexibility index (Phi) is 6.99. The number of aliphatic hydroxyl groups excluding tert-OH is 1. The lowest BCUT2D eigenvalue weighted by atomic mass is 10.2. The summed E-state index contributed by atoms with van der Waals surface area (Å²) < 4.78 is 6.18. The molecular formula is C20H21N5O4S2. The van der Waals surface area contributed by atoms with Gasteiger partial charge in [0.25, 0.3) is 11.8 Å². The molecule has 0 radical (unpaired) electrons. The Bertz CT molecular complexity index is 1040. The Morgan fingerprint density at radius 3 is 2.65 bits per heavy atom. The van der Waals surface area contributed by atoms with Crippen LogP contribution in [0.4, 0.5) is 5.13 Å². The summed E-state index contributed by atoms with van der Waals surface area (Å²) in [6.45, 7) is 2.43. The van der Waals surface area contributed by atoms with Crippen LogP contribution in [0.5, 0.6) is 0 Å². The van der Waals surface area contributed by atoms with E-state index in [4.69, 9.17) is 9.84 Å². The summed E-state index contributed by atoms with van der Waals surface area (Å²) in [4.78, 5) is 32.6. The third-order valence-electron chi connectivity index (χ3n) is 4.47. The van der Waals surface area contributed by atoms with Gasteiger partial charge >= 0.3 is 0 Å². The smallest absolute Gasteiger partial charge is 0.273 e. The van der Waals surface area contributed by atoms with E-state index in [0.717, 1.165) is 9.10 Å². The lowest BCUT2D eigenvalue weighted by Gasteiger charge is -2.26. The van der Waals surface area contributed by atoms with Gasteiger partial charge in [0, 0.05) is 29.2 Å². The molecule has 0 atom stereocenters. The van der Waals surface area contributed by atoms with Crippen molar-refractivity contribution in [2.75, 3.05) is 31.6 Å². The van der Waals surface area contributed by atoms with Crippen LogP contribution in [-0.2, 0) is 11.3 Å². The van der Waals surface area contributed by atoms with Crippen molar-refractivity contribution in [3.63, 3.8) is 0 Å². The first-order valence-corrected chi connectivity index (χ1v) is 11.2. The minimum absolute atomic E-state index is 0.144. The number of aromatic nitrogens is 2. The molecule has 11 heteroatoms. The highest BCUT2D eigenvalue weighted by atomic mass is 32.2. The van der Waals surface area contributed by atoms with Crippen molar-refractivity contribution in [1.29, 1.82) is 0 Å². The molecule has 2 amide bonds. The van der Waals surface area contributed by atoms with Gasteiger partial charge < -0.3 is 14.8 Å². The van der Waals surface area contributed by atoms with Gasteiger partial charge in [-0.05, 0) is 36.4 Å². The first-order valence-electron chi connectivity index (χ1n) is 9.58. The second-order valence-electron chi connectivity index (χ2n) is 6.66. The summed E-state index contributed by atoms with van der Waals surface area (Å²) in [5, 5.41) is 14.2. The Morgan fingerprint density at radius 1 is 1.16 bits per heavy atom. The number of nitrogens with zero attached hydrogens (tertiary/aromatic N) is 2. The highest BCUT2D eigenvalue weighted by molar-refractivity contribution is 8.01. The maximum Gasteiger partial charge on any atom is 0.273 e. The number of ether oxygens (including phenoxy) is 1. The van der Waals surface area contributed by atoms with E-state index in [2.05, 4.69) is 20.7 Å². The zero-order chi connectivity index (χ0) is 21.6. The van der Waals surface area contributed by atoms with Crippen LogP contribution in [0, 0.1) is 0 Å². The lowest BCUT2D eigenvalue weighted by Crippen LogP contribution is -2.48. The molecule has 1 saturated heterocycles. The zero-order valence-electron chi connectivity index (χ0n) is 16.5. The van der Waals surface area contributed by atoms with Crippen molar-refractivity contribution in [2.45, 2.75) is 15.7 Å². The standard InChI is InChI=1S/C20H21N5O4S2/c26-12-14-3-6-16(22-14)19(28)23-20-21-11-17(31-20)30-15-4-1-13(2-5-15)18(27)24-25-7-9-29-10-8-25/h1-6,11,22,26H,7-10,12H2,(H,24,27)(H,21,23,28). The minimum atomic E-state index is -0.318. The highest BCUT2D eigenvalue weighted by Gasteiger charge is 2.15. The van der Waals surface area contributed by atoms with E-state index in [1.807, 2.05) is 17.1 Å². The van der Waals surface area contributed by atoms with Crippen LogP contribution in [-0.4, -0.2) is 58.2 Å². The second kappa shape index (κ2) is 10.1. The number of amides is 2. The predicted octanol–water partition coefficient (Wildman–Crippen LogP) is 2.34. The zero-order valence-corrected chi connectivity index (χ0v) is 18.1. The predicted molar refractivity (Wildman–Crippen MR) is 117 cm³/mol. The number of aliphatic hydroxyl groups is 1. The number of hydrogen-bond donors (Lipinski definition) is 4. The van der Waals surface area contributed by atoms with Crippen molar-refractivity contribution in [2.24, 2.45) is 0 Å². The van der Waals surface area contributed by atoms with Gasteiger partial charge in [-0.15, -0.1) is 0 Å². The first-order chi connectivity index (χ1) is 15.1. The lowest BCUT2D eigenvalue weighted by molar-refractivity contribution is 0.0126. The van der Waals surface area contributed by atoms with Gasteiger partial charge in [-0.25, -0.2) is 9.99 Å². The van der Waals surface area contributed by atoms with Crippen LogP contribution >= 0.6 is 23.1 Å². The van der Waals surface area contributed by atoms with Crippen molar-refractivity contribution in [1.82, 2.24) is 20.4 Å². The number of nitrogens with one attached hydrogen (secondary N) is 3. The van der Waals surface area contributed by atoms with E-state index >= 15 is 0 Å². The normalized spacial score (nSPS) is 14.4. The highest BCUT2D eigenvalue weighted by Crippen LogP contribution is 2.34. The number of carbonyl (C=O) groups is 2. The molecule has 0 spiro atoms. The van der Waals surface area contributed by atoms with Crippen LogP contribution in [0.2, 0.25) is 0 Å². The Morgan fingerprint density at radius 2 is 1.94 bits per heavy atom. The Labute approximate surface area is 186 Å². The van der Waals surface area contributed by atoms with Crippen molar-refractivity contribution in [3.8, 4) is 0 Å². The summed E-state index contributed by atoms with van der Waals surface area (Å²) in [6.07, 6.45) is 1.69. The SMILES string of the molecule is O=C(NN1CCOCC1)c1ccc(Sc2cnc(NC(=O)c3ccc(CO)[nH]3)s2)cc1. The second-order valence-corrected chi connectivity index (χ2v) is 9.07. The van der Waals surface area contributed by atoms with E-state index in [0.29, 0.717) is 48.4 Å². The molecule has 2 aromatic heterocycles. The molecule has 4 rings (SSSR count). The van der Waals surface area contributed by atoms with E-state index in [-0.39, 0.29) is 18.4 Å². The summed E-state index contributed by atoms with van der Waals surface area (Å²) in [5.74, 6) is -0.462. The number of thiazole rings is 1. The molecule has 31 heavy (non-hydrogen) atoms. The topological polar surface area (TPSA) is 120 Å². The Hall–Kier alpha value is -2.70. The largest absolute Gasteiger partial charge is 0.390 e. The van der Waals surface area contributed by atoms with E-state index < -0.39 is 0 Å². The van der Waals surface area contributed by atoms with Crippen LogP contribution in [0.1, 0.15) is 26.5 Å². The molecule has 1 aliphatic heterocycles. The summed E-state index contributed by atoms with van der Waals surface area (Å²) in [7, 11) is 0. The maximum absolute atomic E-state index is 12.4. The molecule has 0 bridgehead atoms. The van der Waals surface area contributed by atoms with Crippen LogP contribution in [0.15, 0.2) is 51.7 Å². The van der Waals surface area contributed by atoms with Gasteiger partial charge in [0.15, 0.2) is 5.13 Å². The van der Waals surface area contributed by atoms with Gasteiger partial charge in [0.1, 0.15) is 5.69 Å². The van der Waals surface area contributed by atoms with Crippen LogP contribution < -0.4 is 10.7 Å². The van der Waals surface area contributed by atoms with Crippen molar-refractivity contribution >= 4 is 40.0 Å². The third kappa shape index (κ3) is 5.71. The molecule has 4 N–H and O–H groups in total. The molecule has 0 aliphatic carbocycles. The summed E-state index contributed by atoms with van der Waals surface area (Å²) >= 11 is 2.86. The molecule has 0 saturated carbocycles. The van der Waals surface area contributed by atoms with E-state index in [1.54, 1.807) is 30.5 Å². The van der Waals surface area contributed by atoms with Gasteiger partial charge in [0.05, 0.1) is 30.2 Å². The summed E-state index contributed by atoms with van der Waals surface area (Å²) in [5.41, 5.74) is 4.40. The molecule has 3 heterocycles. The fourth-order valence-electron chi connectivity index (χ4n) is 2.87. The first kappa shape index (κ1) is 21.5. The monoisotopic (exact) mass is 459 g/mol. The number of aromatic amines is 1. The van der Waals surface area contributed by atoms with Gasteiger partial charge in [-0.1, -0.05) is 23.1 Å². The van der Waals surface area contributed by atoms with Gasteiger partial charge in [-0.2, -0.15) is 0 Å². The quantitative estimate of drug-likeness (QED) is 0.428. The van der Waals surface area contributed by atoms with Crippen LogP contribution in [0.25, 0.3) is 0 Å². The molecule has 1 aliphatic rings. The number of H-pyrrole nitrogens is 1. The molecular weight excluding hydrogens is 438 g/mol. The number of hydrogen-bond acceptors (Lipinski definition) is 8. The van der Waals surface area contributed by atoms with Crippen LogP contribution in [0.3, 0.4) is 0 Å². The van der Waals surface area contributed by atoms with E-state index in [1.165, 1.54) is 23.1 Å². The average Bonchev–Trinajstić information content (AvgIpc) is 3.44. The molecule has 0 unspecified atom stereocenters. The maximum atomic E-state index is 12.4. The fraction of sp³-hybridized carbons (Fsp3) is 0.250. The molecule has 162 valence electrons. The van der Waals surface area contributed by atoms with Gasteiger partial charge in [0.2, 0.25) is 0 Å². The Balaban J connectivity index is 1.31. The van der Waals surface area contributed by atoms with Crippen molar-refractivity contribution in [3.05, 3.63) is 59.5 Å². The summed E-state index contributed by atoms with van der Waals surface area (Å²) in [6, 6.07) is 10.6.